The molecule has 1 aliphatic heterocycles. The molecule has 0 bridgehead atoms. The van der Waals surface area contributed by atoms with E-state index in [-0.39, 0.29) is 5.90 Å². The number of aromatic nitrogens is 1. The smallest absolute Gasteiger partial charge is 0.348 e. The maximum absolute atomic E-state index is 11.8. The van der Waals surface area contributed by atoms with Crippen LogP contribution < -0.4 is 0 Å². The lowest BCUT2D eigenvalue weighted by Crippen LogP contribution is -2.37. The summed E-state index contributed by atoms with van der Waals surface area (Å²) in [5.41, 5.74) is -0.658. The van der Waals surface area contributed by atoms with Gasteiger partial charge in [0.25, 0.3) is 5.90 Å². The van der Waals surface area contributed by atoms with Crippen LogP contribution in [0.5, 0.6) is 0 Å². The van der Waals surface area contributed by atoms with E-state index in [0.717, 1.165) is 5.01 Å². The van der Waals surface area contributed by atoms with Crippen LogP contribution in [0.3, 0.4) is 0 Å². The van der Waals surface area contributed by atoms with E-state index >= 15 is 0 Å². The van der Waals surface area contributed by atoms with Crippen molar-refractivity contribution in [2.45, 2.75) is 27.2 Å². The summed E-state index contributed by atoms with van der Waals surface area (Å²) in [7, 11) is 0. The fourth-order valence-corrected chi connectivity index (χ4v) is 1.78. The van der Waals surface area contributed by atoms with E-state index in [2.05, 4.69) is 10.1 Å². The molecule has 104 valence electrons. The van der Waals surface area contributed by atoms with Crippen LogP contribution in [0.4, 0.5) is 0 Å². The van der Waals surface area contributed by atoms with Crippen LogP contribution in [0.1, 0.15) is 25.8 Å². The minimum absolute atomic E-state index is 0.232. The number of aliphatic hydroxyl groups is 1. The maximum atomic E-state index is 11.8. The SMILES string of the molecule is CC(C)(C)C(=O)OC1OC(c2nccs2)=NN1CO. The second-order valence-electron chi connectivity index (χ2n) is 4.90. The highest BCUT2D eigenvalue weighted by molar-refractivity contribution is 7.11. The Morgan fingerprint density at radius 1 is 1.63 bits per heavy atom. The van der Waals surface area contributed by atoms with Crippen LogP contribution in [-0.2, 0) is 14.3 Å². The quantitative estimate of drug-likeness (QED) is 0.833. The van der Waals surface area contributed by atoms with Gasteiger partial charge in [-0.05, 0) is 20.8 Å². The molecule has 0 aromatic carbocycles. The molecule has 0 fully saturated rings. The van der Waals surface area contributed by atoms with Gasteiger partial charge < -0.3 is 14.6 Å². The number of ether oxygens (including phenoxy) is 2. The zero-order valence-corrected chi connectivity index (χ0v) is 11.7. The first-order valence-electron chi connectivity index (χ1n) is 5.65. The highest BCUT2D eigenvalue weighted by atomic mass is 32.1. The Morgan fingerprint density at radius 3 is 2.89 bits per heavy atom. The van der Waals surface area contributed by atoms with E-state index in [1.165, 1.54) is 11.3 Å². The highest BCUT2D eigenvalue weighted by Gasteiger charge is 2.35. The average Bonchev–Trinajstić information content (AvgIpc) is 2.95. The van der Waals surface area contributed by atoms with Crippen LogP contribution in [0.2, 0.25) is 0 Å². The van der Waals surface area contributed by atoms with Gasteiger partial charge in [0.1, 0.15) is 6.73 Å². The van der Waals surface area contributed by atoms with Gasteiger partial charge >= 0.3 is 12.4 Å². The molecule has 1 aromatic rings. The Bertz CT molecular complexity index is 481. The first kappa shape index (κ1) is 13.8. The lowest BCUT2D eigenvalue weighted by atomic mass is 9.97. The molecule has 0 radical (unpaired) electrons. The third-order valence-electron chi connectivity index (χ3n) is 2.26. The molecule has 8 heteroatoms. The summed E-state index contributed by atoms with van der Waals surface area (Å²) >= 11 is 1.34. The Labute approximate surface area is 114 Å². The third kappa shape index (κ3) is 3.02. The van der Waals surface area contributed by atoms with Gasteiger partial charge in [-0.3, -0.25) is 4.79 Å². The van der Waals surface area contributed by atoms with Crippen LogP contribution >= 0.6 is 11.3 Å². The fourth-order valence-electron chi connectivity index (χ4n) is 1.22. The zero-order chi connectivity index (χ0) is 14.0. The maximum Gasteiger partial charge on any atom is 0.348 e. The van der Waals surface area contributed by atoms with E-state index in [4.69, 9.17) is 9.47 Å². The van der Waals surface area contributed by atoms with Crippen molar-refractivity contribution in [3.63, 3.8) is 0 Å². The first-order valence-corrected chi connectivity index (χ1v) is 6.53. The molecule has 1 unspecified atom stereocenters. The Balaban J connectivity index is 2.07. The molecule has 0 aliphatic carbocycles. The van der Waals surface area contributed by atoms with Crippen molar-refractivity contribution in [2.24, 2.45) is 10.5 Å². The molecule has 0 saturated carbocycles. The summed E-state index contributed by atoms with van der Waals surface area (Å²) in [5.74, 6) is -0.206. The molecule has 1 aromatic heterocycles. The van der Waals surface area contributed by atoms with E-state index in [1.807, 2.05) is 0 Å². The molecule has 1 atom stereocenters. The van der Waals surface area contributed by atoms with Crippen molar-refractivity contribution in [1.29, 1.82) is 0 Å². The molecule has 1 N–H and O–H groups in total. The van der Waals surface area contributed by atoms with Crippen LogP contribution in [0, 0.1) is 5.41 Å². The summed E-state index contributed by atoms with van der Waals surface area (Å²) in [6, 6.07) is 0. The van der Waals surface area contributed by atoms with Crippen molar-refractivity contribution in [1.82, 2.24) is 9.99 Å². The van der Waals surface area contributed by atoms with Crippen molar-refractivity contribution in [2.75, 3.05) is 6.73 Å². The van der Waals surface area contributed by atoms with Gasteiger partial charge in [0.15, 0.2) is 5.01 Å². The summed E-state index contributed by atoms with van der Waals surface area (Å²) in [6.07, 6.45) is 0.555. The summed E-state index contributed by atoms with van der Waals surface area (Å²) in [5, 5.41) is 16.7. The predicted molar refractivity (Wildman–Crippen MR) is 68.0 cm³/mol. The van der Waals surface area contributed by atoms with Crippen molar-refractivity contribution < 1.29 is 19.4 Å². The van der Waals surface area contributed by atoms with Gasteiger partial charge in [0.2, 0.25) is 0 Å². The van der Waals surface area contributed by atoms with Crippen LogP contribution in [-0.4, -0.2) is 40.1 Å². The Hall–Kier alpha value is -1.67. The first-order chi connectivity index (χ1) is 8.91. The van der Waals surface area contributed by atoms with Gasteiger partial charge in [0.05, 0.1) is 5.41 Å². The van der Waals surface area contributed by atoms with Gasteiger partial charge in [-0.1, -0.05) is 0 Å². The Morgan fingerprint density at radius 2 is 2.37 bits per heavy atom. The number of hydrazone groups is 1. The number of nitrogens with zero attached hydrogens (tertiary/aromatic N) is 3. The fraction of sp³-hybridized carbons (Fsp3) is 0.545. The number of hydrogen-bond acceptors (Lipinski definition) is 8. The molecular weight excluding hydrogens is 270 g/mol. The average molecular weight is 285 g/mol. The molecule has 2 rings (SSSR count). The standard InChI is InChI=1S/C11H15N3O4S/c1-11(2,3)9(16)18-10-14(6-15)13-7(17-10)8-12-4-5-19-8/h4-5,10,15H,6H2,1-3H3. The van der Waals surface area contributed by atoms with Crippen molar-refractivity contribution in [3.05, 3.63) is 16.6 Å². The second-order valence-corrected chi connectivity index (χ2v) is 5.80. The number of esters is 1. The lowest BCUT2D eigenvalue weighted by molar-refractivity contribution is -0.204. The highest BCUT2D eigenvalue weighted by Crippen LogP contribution is 2.22. The zero-order valence-electron chi connectivity index (χ0n) is 10.9. The van der Waals surface area contributed by atoms with E-state index < -0.39 is 24.5 Å². The topological polar surface area (TPSA) is 84.2 Å². The largest absolute Gasteiger partial charge is 0.414 e. The number of thiazole rings is 1. The van der Waals surface area contributed by atoms with Gasteiger partial charge in [-0.25, -0.2) is 4.98 Å². The number of rotatable bonds is 3. The summed E-state index contributed by atoms with van der Waals surface area (Å²) in [4.78, 5) is 15.8. The van der Waals surface area contributed by atoms with E-state index in [0.29, 0.717) is 5.01 Å². The molecule has 0 spiro atoms. The number of hydrogen-bond donors (Lipinski definition) is 1. The van der Waals surface area contributed by atoms with Gasteiger partial charge in [-0.15, -0.1) is 16.4 Å². The minimum Gasteiger partial charge on any atom is -0.414 e. The minimum atomic E-state index is -1.06. The molecule has 2 heterocycles. The van der Waals surface area contributed by atoms with E-state index in [1.54, 1.807) is 32.3 Å². The monoisotopic (exact) mass is 285 g/mol. The van der Waals surface area contributed by atoms with Crippen LogP contribution in [0.15, 0.2) is 16.7 Å². The normalized spacial score (nSPS) is 19.1. The molecular formula is C11H15N3O4S. The number of carbonyl (C=O) groups is 1. The van der Waals surface area contributed by atoms with Crippen molar-refractivity contribution >= 4 is 23.2 Å². The number of aliphatic hydroxyl groups excluding tert-OH is 1. The molecule has 0 amide bonds. The van der Waals surface area contributed by atoms with E-state index in [9.17, 15) is 9.90 Å². The second kappa shape index (κ2) is 5.14. The molecule has 0 saturated heterocycles. The molecule has 1 aliphatic rings. The summed E-state index contributed by atoms with van der Waals surface area (Å²) < 4.78 is 10.6. The molecule has 19 heavy (non-hydrogen) atoms. The van der Waals surface area contributed by atoms with Crippen LogP contribution in [0.25, 0.3) is 0 Å². The van der Waals surface area contributed by atoms with Gasteiger partial charge in [0, 0.05) is 11.6 Å². The van der Waals surface area contributed by atoms with Gasteiger partial charge in [-0.2, -0.15) is 5.01 Å². The number of carbonyl (C=O) groups excluding carboxylic acids is 1. The summed E-state index contributed by atoms with van der Waals surface area (Å²) in [6.45, 7) is 4.78. The predicted octanol–water partition coefficient (Wildman–Crippen LogP) is 0.960. The lowest BCUT2D eigenvalue weighted by Gasteiger charge is -2.23. The Kier molecular flexibility index (Phi) is 3.72. The third-order valence-corrected chi connectivity index (χ3v) is 3.02. The van der Waals surface area contributed by atoms with Crippen molar-refractivity contribution in [3.8, 4) is 0 Å². The molecule has 7 nitrogen and oxygen atoms in total.